The van der Waals surface area contributed by atoms with E-state index >= 15 is 0 Å². The summed E-state index contributed by atoms with van der Waals surface area (Å²) >= 11 is 0. The second-order valence-electron chi connectivity index (χ2n) is 18.5. The summed E-state index contributed by atoms with van der Waals surface area (Å²) in [6.45, 7) is 0. The monoisotopic (exact) mass is 903 g/mol. The lowest BCUT2D eigenvalue weighted by Gasteiger charge is -2.16. The number of aromatic nitrogens is 5. The minimum absolute atomic E-state index is 0.799. The van der Waals surface area contributed by atoms with E-state index in [2.05, 4.69) is 250 Å². The number of benzene rings is 11. The third kappa shape index (κ3) is 6.00. The third-order valence-electron chi connectivity index (χ3n) is 14.6. The van der Waals surface area contributed by atoms with Gasteiger partial charge in [-0.3, -0.25) is 4.57 Å². The van der Waals surface area contributed by atoms with Gasteiger partial charge >= 0.3 is 0 Å². The van der Waals surface area contributed by atoms with Crippen LogP contribution in [0.1, 0.15) is 0 Å². The number of hydrogen-bond acceptors (Lipinski definition) is 2. The van der Waals surface area contributed by atoms with Gasteiger partial charge in [0, 0.05) is 49.3 Å². The van der Waals surface area contributed by atoms with Crippen molar-refractivity contribution >= 4 is 87.2 Å². The Morgan fingerprint density at radius 1 is 0.268 bits per heavy atom. The molecule has 71 heavy (non-hydrogen) atoms. The second-order valence-corrected chi connectivity index (χ2v) is 18.5. The lowest BCUT2D eigenvalue weighted by molar-refractivity contribution is 1.08. The van der Waals surface area contributed by atoms with Gasteiger partial charge in [-0.25, -0.2) is 9.97 Å². The molecule has 0 N–H and O–H groups in total. The van der Waals surface area contributed by atoms with Crippen molar-refractivity contribution in [2.24, 2.45) is 0 Å². The van der Waals surface area contributed by atoms with Gasteiger partial charge in [-0.2, -0.15) is 0 Å². The number of hydrogen-bond donors (Lipinski definition) is 0. The van der Waals surface area contributed by atoms with E-state index in [1.807, 2.05) is 12.1 Å². The topological polar surface area (TPSA) is 40.6 Å². The predicted octanol–water partition coefficient (Wildman–Crippen LogP) is 17.1. The van der Waals surface area contributed by atoms with E-state index in [4.69, 9.17) is 9.97 Å². The maximum atomic E-state index is 5.51. The van der Waals surface area contributed by atoms with Crippen LogP contribution in [0.2, 0.25) is 0 Å². The zero-order valence-electron chi connectivity index (χ0n) is 38.4. The average Bonchev–Trinajstić information content (AvgIpc) is 4.08. The summed E-state index contributed by atoms with van der Waals surface area (Å²) in [6, 6.07) is 89.7. The Balaban J connectivity index is 0.952. The molecule has 0 atom stereocenters. The summed E-state index contributed by atoms with van der Waals surface area (Å²) in [5.41, 5.74) is 17.4. The normalized spacial score (nSPS) is 11.9. The Hall–Kier alpha value is -9.58. The summed E-state index contributed by atoms with van der Waals surface area (Å²) < 4.78 is 7.24. The Bertz CT molecular complexity index is 4630. The number of fused-ring (bicyclic) bond motifs is 12. The third-order valence-corrected chi connectivity index (χ3v) is 14.6. The first-order chi connectivity index (χ1) is 35.2. The first kappa shape index (κ1) is 39.4. The summed E-state index contributed by atoms with van der Waals surface area (Å²) in [5.74, 6) is 0.799. The fourth-order valence-electron chi connectivity index (χ4n) is 11.5. The molecule has 5 heteroatoms. The van der Waals surface area contributed by atoms with Gasteiger partial charge in [0.15, 0.2) is 5.82 Å². The SMILES string of the molecule is c1ccc(-c2ccc(-c3cccc(-n4c5ccccc5c5c6c7ccccc7n(-c7ccc8c9ccccc9n(-c9nc%10ccccc%10nc9-c9cccc%10ccccc9%10)c8c7)c6ccc54)c3)cc2)cc1. The average molecular weight is 904 g/mol. The standard InChI is InChI=1S/C66H41N5/c1-2-16-42(17-3-1)43-32-34-44(35-33-43)46-20-14-21-47(40-46)69-58-30-12-7-24-53(58)63-60(69)38-39-61-64(63)54-25-8-13-31-59(54)70(61)48-36-37-51-50-23-6-11-29-57(50)71(62(51)41-48)66-65(67-55-27-9-10-28-56(55)68-66)52-26-15-19-45-18-4-5-22-49(45)52/h1-41H. The minimum atomic E-state index is 0.799. The number of rotatable bonds is 6. The van der Waals surface area contributed by atoms with Gasteiger partial charge in [-0.05, 0) is 99.8 Å². The fraction of sp³-hybridized carbons (Fsp3) is 0. The Morgan fingerprint density at radius 2 is 0.761 bits per heavy atom. The molecule has 0 unspecified atom stereocenters. The van der Waals surface area contributed by atoms with Crippen LogP contribution in [-0.4, -0.2) is 23.7 Å². The van der Waals surface area contributed by atoms with Gasteiger partial charge in [-0.15, -0.1) is 0 Å². The lowest BCUT2D eigenvalue weighted by atomic mass is 10.00. The molecule has 0 saturated carbocycles. The highest BCUT2D eigenvalue weighted by Crippen LogP contribution is 2.44. The van der Waals surface area contributed by atoms with E-state index in [1.54, 1.807) is 0 Å². The highest BCUT2D eigenvalue weighted by molar-refractivity contribution is 6.29. The zero-order chi connectivity index (χ0) is 46.6. The molecule has 0 aliphatic heterocycles. The quantitative estimate of drug-likeness (QED) is 0.167. The first-order valence-corrected chi connectivity index (χ1v) is 24.2. The van der Waals surface area contributed by atoms with Crippen LogP contribution < -0.4 is 0 Å². The zero-order valence-corrected chi connectivity index (χ0v) is 38.4. The van der Waals surface area contributed by atoms with Gasteiger partial charge in [0.1, 0.15) is 5.69 Å². The summed E-state index contributed by atoms with van der Waals surface area (Å²) in [5, 5.41) is 9.54. The molecule has 15 rings (SSSR count). The highest BCUT2D eigenvalue weighted by atomic mass is 15.1. The fourth-order valence-corrected chi connectivity index (χ4v) is 11.5. The summed E-state index contributed by atoms with van der Waals surface area (Å²) in [7, 11) is 0. The Labute approximate surface area is 408 Å². The molecule has 330 valence electrons. The van der Waals surface area contributed by atoms with Crippen LogP contribution in [0.4, 0.5) is 0 Å². The summed E-state index contributed by atoms with van der Waals surface area (Å²) in [4.78, 5) is 11.0. The highest BCUT2D eigenvalue weighted by Gasteiger charge is 2.24. The Morgan fingerprint density at radius 3 is 1.46 bits per heavy atom. The Kier molecular flexibility index (Phi) is 8.59. The van der Waals surface area contributed by atoms with Gasteiger partial charge in [0.2, 0.25) is 0 Å². The van der Waals surface area contributed by atoms with Gasteiger partial charge < -0.3 is 9.13 Å². The van der Waals surface area contributed by atoms with E-state index in [1.165, 1.54) is 54.8 Å². The van der Waals surface area contributed by atoms with Crippen molar-refractivity contribution < 1.29 is 0 Å². The largest absolute Gasteiger partial charge is 0.309 e. The maximum Gasteiger partial charge on any atom is 0.165 e. The van der Waals surface area contributed by atoms with Crippen molar-refractivity contribution in [3.63, 3.8) is 0 Å². The molecule has 0 saturated heterocycles. The molecule has 5 nitrogen and oxygen atoms in total. The molecular formula is C66H41N5. The van der Waals surface area contributed by atoms with Crippen molar-refractivity contribution in [1.82, 2.24) is 23.7 Å². The van der Waals surface area contributed by atoms with E-state index in [0.717, 1.165) is 83.1 Å². The van der Waals surface area contributed by atoms with Crippen LogP contribution >= 0.6 is 0 Å². The van der Waals surface area contributed by atoms with E-state index in [0.29, 0.717) is 0 Å². The number of para-hydroxylation sites is 5. The molecule has 0 bridgehead atoms. The lowest BCUT2D eigenvalue weighted by Crippen LogP contribution is -2.04. The van der Waals surface area contributed by atoms with E-state index in [-0.39, 0.29) is 0 Å². The van der Waals surface area contributed by atoms with Crippen molar-refractivity contribution in [3.05, 3.63) is 249 Å². The maximum absolute atomic E-state index is 5.51. The first-order valence-electron chi connectivity index (χ1n) is 24.2. The molecule has 0 aliphatic carbocycles. The van der Waals surface area contributed by atoms with Crippen LogP contribution in [0.25, 0.3) is 138 Å². The van der Waals surface area contributed by atoms with Crippen molar-refractivity contribution in [2.45, 2.75) is 0 Å². The van der Waals surface area contributed by atoms with Crippen molar-refractivity contribution in [2.75, 3.05) is 0 Å². The molecule has 11 aromatic carbocycles. The van der Waals surface area contributed by atoms with Gasteiger partial charge in [-0.1, -0.05) is 182 Å². The predicted molar refractivity (Wildman–Crippen MR) is 296 cm³/mol. The molecule has 0 fully saturated rings. The smallest absolute Gasteiger partial charge is 0.165 e. The van der Waals surface area contributed by atoms with E-state index < -0.39 is 0 Å². The van der Waals surface area contributed by atoms with E-state index in [9.17, 15) is 0 Å². The van der Waals surface area contributed by atoms with Crippen LogP contribution in [0, 0.1) is 0 Å². The molecular weight excluding hydrogens is 863 g/mol. The molecule has 0 aliphatic rings. The van der Waals surface area contributed by atoms with Crippen LogP contribution in [-0.2, 0) is 0 Å². The minimum Gasteiger partial charge on any atom is -0.309 e. The molecule has 4 aromatic heterocycles. The van der Waals surface area contributed by atoms with Crippen molar-refractivity contribution in [1.29, 1.82) is 0 Å². The molecule has 0 spiro atoms. The molecule has 0 amide bonds. The van der Waals surface area contributed by atoms with Gasteiger partial charge in [0.25, 0.3) is 0 Å². The second kappa shape index (κ2) is 15.5. The van der Waals surface area contributed by atoms with Crippen molar-refractivity contribution in [3.8, 4) is 50.7 Å². The number of nitrogens with zero attached hydrogens (tertiary/aromatic N) is 5. The van der Waals surface area contributed by atoms with Crippen LogP contribution in [0.15, 0.2) is 249 Å². The molecule has 4 heterocycles. The van der Waals surface area contributed by atoms with Crippen LogP contribution in [0.5, 0.6) is 0 Å². The van der Waals surface area contributed by atoms with Gasteiger partial charge in [0.05, 0.1) is 44.1 Å². The summed E-state index contributed by atoms with van der Waals surface area (Å²) in [6.07, 6.45) is 0. The molecule has 0 radical (unpaired) electrons. The molecule has 15 aromatic rings. The van der Waals surface area contributed by atoms with Crippen LogP contribution in [0.3, 0.4) is 0 Å².